The van der Waals surface area contributed by atoms with Crippen LogP contribution in [0, 0.1) is 5.82 Å². The molecule has 1 unspecified atom stereocenters. The first-order chi connectivity index (χ1) is 6.77. The average Bonchev–Trinajstić information content (AvgIpc) is 2.69. The van der Waals surface area contributed by atoms with Gasteiger partial charge in [0, 0.05) is 0 Å². The Hall–Kier alpha value is -1.15. The van der Waals surface area contributed by atoms with Gasteiger partial charge in [0.2, 0.25) is 0 Å². The second-order valence-corrected chi connectivity index (χ2v) is 3.70. The van der Waals surface area contributed by atoms with Crippen LogP contribution in [0.3, 0.4) is 0 Å². The summed E-state index contributed by atoms with van der Waals surface area (Å²) < 4.78 is 12.9. The van der Waals surface area contributed by atoms with Gasteiger partial charge in [-0.05, 0) is 37.0 Å². The molecule has 2 N–H and O–H groups in total. The fourth-order valence-electron chi connectivity index (χ4n) is 1.89. The number of hydrogen-bond acceptors (Lipinski definition) is 1. The molecule has 1 aromatic carbocycles. The van der Waals surface area contributed by atoms with Crippen molar-refractivity contribution in [2.75, 3.05) is 0 Å². The van der Waals surface area contributed by atoms with Crippen LogP contribution in [0.15, 0.2) is 35.9 Å². The molecule has 2 heteroatoms. The molecule has 1 nitrogen and oxygen atoms in total. The zero-order valence-electron chi connectivity index (χ0n) is 8.04. The Labute approximate surface area is 83.4 Å². The summed E-state index contributed by atoms with van der Waals surface area (Å²) >= 11 is 0. The molecule has 1 aliphatic rings. The van der Waals surface area contributed by atoms with Gasteiger partial charge in [0.1, 0.15) is 5.82 Å². The summed E-state index contributed by atoms with van der Waals surface area (Å²) in [7, 11) is 0. The molecule has 74 valence electrons. The van der Waals surface area contributed by atoms with Crippen LogP contribution in [-0.2, 0) is 0 Å². The minimum absolute atomic E-state index is 0.117. The molecule has 0 radical (unpaired) electrons. The number of hydrogen-bond donors (Lipinski definition) is 1. The summed E-state index contributed by atoms with van der Waals surface area (Å²) in [6, 6.07) is 6.43. The molecular formula is C12H14FN. The second-order valence-electron chi connectivity index (χ2n) is 3.70. The second kappa shape index (κ2) is 3.93. The van der Waals surface area contributed by atoms with Gasteiger partial charge in [-0.15, -0.1) is 0 Å². The predicted molar refractivity (Wildman–Crippen MR) is 55.3 cm³/mol. The first kappa shape index (κ1) is 9.41. The summed E-state index contributed by atoms with van der Waals surface area (Å²) in [5, 5.41) is 0. The fraction of sp³-hybridized carbons (Fsp3) is 0.333. The molecule has 14 heavy (non-hydrogen) atoms. The number of allylic oxidation sites excluding steroid dienone is 1. The van der Waals surface area contributed by atoms with Crippen molar-refractivity contribution in [3.8, 4) is 0 Å². The Kier molecular flexibility index (Phi) is 2.64. The molecule has 0 bridgehead atoms. The van der Waals surface area contributed by atoms with E-state index in [0.29, 0.717) is 0 Å². The average molecular weight is 191 g/mol. The standard InChI is InChI=1S/C12H14FN/c13-11-7-3-6-10(8-11)12(14)9-4-1-2-5-9/h3-4,6-8,12H,1-2,5,14H2. The van der Waals surface area contributed by atoms with Crippen LogP contribution in [0.1, 0.15) is 30.9 Å². The molecule has 0 saturated carbocycles. The van der Waals surface area contributed by atoms with Gasteiger partial charge in [0.25, 0.3) is 0 Å². The largest absolute Gasteiger partial charge is 0.321 e. The normalized spacial score (nSPS) is 18.0. The maximum Gasteiger partial charge on any atom is 0.123 e. The molecule has 0 spiro atoms. The SMILES string of the molecule is NC(C1=CCCC1)c1cccc(F)c1. The monoisotopic (exact) mass is 191 g/mol. The van der Waals surface area contributed by atoms with Crippen LogP contribution >= 0.6 is 0 Å². The zero-order valence-corrected chi connectivity index (χ0v) is 8.04. The number of halogens is 1. The van der Waals surface area contributed by atoms with Crippen molar-refractivity contribution in [2.24, 2.45) is 5.73 Å². The lowest BCUT2D eigenvalue weighted by Gasteiger charge is -2.13. The first-order valence-electron chi connectivity index (χ1n) is 4.97. The molecule has 0 aromatic heterocycles. The van der Waals surface area contributed by atoms with E-state index in [0.717, 1.165) is 18.4 Å². The van der Waals surface area contributed by atoms with Crippen molar-refractivity contribution in [2.45, 2.75) is 25.3 Å². The lowest BCUT2D eigenvalue weighted by atomic mass is 9.99. The van der Waals surface area contributed by atoms with E-state index in [1.165, 1.54) is 24.1 Å². The molecule has 0 amide bonds. The fourth-order valence-corrected chi connectivity index (χ4v) is 1.89. The first-order valence-corrected chi connectivity index (χ1v) is 4.97. The summed E-state index contributed by atoms with van der Waals surface area (Å²) in [6.07, 6.45) is 5.52. The summed E-state index contributed by atoms with van der Waals surface area (Å²) in [6.45, 7) is 0. The van der Waals surface area contributed by atoms with Crippen LogP contribution < -0.4 is 5.73 Å². The highest BCUT2D eigenvalue weighted by Gasteiger charge is 2.14. The highest BCUT2D eigenvalue weighted by Crippen LogP contribution is 2.28. The van der Waals surface area contributed by atoms with Gasteiger partial charge in [-0.3, -0.25) is 0 Å². The molecule has 1 aromatic rings. The molecular weight excluding hydrogens is 177 g/mol. The maximum absolute atomic E-state index is 12.9. The third-order valence-corrected chi connectivity index (χ3v) is 2.68. The smallest absolute Gasteiger partial charge is 0.123 e. The lowest BCUT2D eigenvalue weighted by Crippen LogP contribution is -2.12. The predicted octanol–water partition coefficient (Wildman–Crippen LogP) is 2.94. The topological polar surface area (TPSA) is 26.0 Å². The van der Waals surface area contributed by atoms with Gasteiger partial charge in [0.15, 0.2) is 0 Å². The van der Waals surface area contributed by atoms with Crippen molar-refractivity contribution in [1.82, 2.24) is 0 Å². The van der Waals surface area contributed by atoms with Crippen LogP contribution in [0.2, 0.25) is 0 Å². The highest BCUT2D eigenvalue weighted by atomic mass is 19.1. The summed E-state index contributed by atoms with van der Waals surface area (Å²) in [4.78, 5) is 0. The van der Waals surface area contributed by atoms with Crippen molar-refractivity contribution < 1.29 is 4.39 Å². The Morgan fingerprint density at radius 1 is 1.36 bits per heavy atom. The summed E-state index contributed by atoms with van der Waals surface area (Å²) in [5.41, 5.74) is 8.15. The van der Waals surface area contributed by atoms with Gasteiger partial charge in [-0.25, -0.2) is 4.39 Å². The summed E-state index contributed by atoms with van der Waals surface area (Å²) in [5.74, 6) is -0.212. The lowest BCUT2D eigenvalue weighted by molar-refractivity contribution is 0.622. The Morgan fingerprint density at radius 2 is 2.21 bits per heavy atom. The Bertz CT molecular complexity index is 357. The molecule has 0 heterocycles. The zero-order chi connectivity index (χ0) is 9.97. The molecule has 0 saturated heterocycles. The molecule has 0 aliphatic heterocycles. The Balaban J connectivity index is 2.22. The Morgan fingerprint density at radius 3 is 2.86 bits per heavy atom. The van der Waals surface area contributed by atoms with Gasteiger partial charge >= 0.3 is 0 Å². The van der Waals surface area contributed by atoms with E-state index in [2.05, 4.69) is 6.08 Å². The van der Waals surface area contributed by atoms with Crippen LogP contribution in [0.5, 0.6) is 0 Å². The van der Waals surface area contributed by atoms with Gasteiger partial charge in [-0.1, -0.05) is 23.8 Å². The number of benzene rings is 1. The van der Waals surface area contributed by atoms with Crippen LogP contribution in [-0.4, -0.2) is 0 Å². The quantitative estimate of drug-likeness (QED) is 0.714. The van der Waals surface area contributed by atoms with E-state index < -0.39 is 0 Å². The van der Waals surface area contributed by atoms with E-state index in [-0.39, 0.29) is 11.9 Å². The highest BCUT2D eigenvalue weighted by molar-refractivity contribution is 5.29. The van der Waals surface area contributed by atoms with Gasteiger partial charge in [-0.2, -0.15) is 0 Å². The van der Waals surface area contributed by atoms with Gasteiger partial charge < -0.3 is 5.73 Å². The van der Waals surface area contributed by atoms with Crippen molar-refractivity contribution in [1.29, 1.82) is 0 Å². The minimum atomic E-state index is -0.212. The van der Waals surface area contributed by atoms with Crippen molar-refractivity contribution in [3.05, 3.63) is 47.3 Å². The van der Waals surface area contributed by atoms with Crippen molar-refractivity contribution in [3.63, 3.8) is 0 Å². The number of rotatable bonds is 2. The molecule has 1 aliphatic carbocycles. The molecule has 0 fully saturated rings. The van der Waals surface area contributed by atoms with Gasteiger partial charge in [0.05, 0.1) is 6.04 Å². The molecule has 1 atom stereocenters. The van der Waals surface area contributed by atoms with E-state index >= 15 is 0 Å². The number of nitrogens with two attached hydrogens (primary N) is 1. The minimum Gasteiger partial charge on any atom is -0.321 e. The maximum atomic E-state index is 12.9. The van der Waals surface area contributed by atoms with E-state index in [9.17, 15) is 4.39 Å². The van der Waals surface area contributed by atoms with Crippen LogP contribution in [0.4, 0.5) is 4.39 Å². The van der Waals surface area contributed by atoms with Crippen molar-refractivity contribution >= 4 is 0 Å². The third kappa shape index (κ3) is 1.85. The van der Waals surface area contributed by atoms with Crippen LogP contribution in [0.25, 0.3) is 0 Å². The van der Waals surface area contributed by atoms with E-state index in [4.69, 9.17) is 5.73 Å². The molecule has 2 rings (SSSR count). The van der Waals surface area contributed by atoms with E-state index in [1.807, 2.05) is 6.07 Å². The van der Waals surface area contributed by atoms with E-state index in [1.54, 1.807) is 6.07 Å². The third-order valence-electron chi connectivity index (χ3n) is 2.68.